The molecule has 12 heteroatoms. The zero-order chi connectivity index (χ0) is 32.4. The summed E-state index contributed by atoms with van der Waals surface area (Å²) in [5, 5.41) is 19.3. The number of carboxylic acid groups (broad SMARTS) is 1. The summed E-state index contributed by atoms with van der Waals surface area (Å²) in [4.78, 5) is 44.1. The highest BCUT2D eigenvalue weighted by Crippen LogP contribution is 2.58. The molecule has 1 spiro atoms. The van der Waals surface area contributed by atoms with Crippen LogP contribution in [0, 0.1) is 11.2 Å². The second kappa shape index (κ2) is 10.6. The number of fused-ring (bicyclic) bond motifs is 4. The summed E-state index contributed by atoms with van der Waals surface area (Å²) in [6.45, 7) is 5.53. The number of anilines is 1. The molecule has 0 radical (unpaired) electrons. The summed E-state index contributed by atoms with van der Waals surface area (Å²) in [7, 11) is 0. The number of benzene rings is 3. The van der Waals surface area contributed by atoms with E-state index in [-0.39, 0.29) is 30.4 Å². The molecule has 2 amide bonds. The van der Waals surface area contributed by atoms with Gasteiger partial charge in [-0.3, -0.25) is 4.79 Å². The van der Waals surface area contributed by atoms with Crippen LogP contribution < -0.4 is 20.7 Å². The second-order valence-corrected chi connectivity index (χ2v) is 12.8. The second-order valence-electron chi connectivity index (χ2n) is 12.8. The molecule has 0 saturated heterocycles. The Morgan fingerprint density at radius 3 is 2.61 bits per heavy atom. The van der Waals surface area contributed by atoms with E-state index in [9.17, 15) is 23.9 Å². The number of alkyl carbamates (subject to hydrolysis) is 1. The summed E-state index contributed by atoms with van der Waals surface area (Å²) in [5.74, 6) is -2.11. The number of carbonyl (C=O) groups excluding carboxylic acids is 2. The number of amides is 2. The number of halogens is 1. The van der Waals surface area contributed by atoms with Gasteiger partial charge in [-0.25, -0.2) is 19.0 Å². The Morgan fingerprint density at radius 2 is 1.87 bits per heavy atom. The summed E-state index contributed by atoms with van der Waals surface area (Å²) in [6, 6.07) is 16.6. The van der Waals surface area contributed by atoms with Gasteiger partial charge in [0.25, 0.3) is 0 Å². The predicted octanol–water partition coefficient (Wildman–Crippen LogP) is 5.04. The van der Waals surface area contributed by atoms with E-state index in [0.717, 1.165) is 5.56 Å². The van der Waals surface area contributed by atoms with Crippen LogP contribution in [-0.4, -0.2) is 40.3 Å². The number of ether oxygens (including phenoxy) is 2. The number of aromatic nitrogens is 1. The lowest BCUT2D eigenvalue weighted by Crippen LogP contribution is -2.50. The Labute approximate surface area is 263 Å². The van der Waals surface area contributed by atoms with Crippen molar-refractivity contribution >= 4 is 23.7 Å². The number of nitrogens with one attached hydrogen (secondary N) is 3. The van der Waals surface area contributed by atoms with E-state index in [4.69, 9.17) is 13.9 Å². The zero-order valence-corrected chi connectivity index (χ0v) is 25.2. The van der Waals surface area contributed by atoms with Crippen LogP contribution in [0.2, 0.25) is 0 Å². The maximum Gasteiger partial charge on any atom is 0.408 e. The number of hydrogen-bond donors (Lipinski definition) is 4. The van der Waals surface area contributed by atoms with Gasteiger partial charge in [-0.2, -0.15) is 0 Å². The summed E-state index contributed by atoms with van der Waals surface area (Å²) in [5.41, 5.74) is 0.333. The van der Waals surface area contributed by atoms with Crippen molar-refractivity contribution in [3.05, 3.63) is 112 Å². The van der Waals surface area contributed by atoms with Gasteiger partial charge in [0.05, 0.1) is 0 Å². The van der Waals surface area contributed by atoms with Gasteiger partial charge >= 0.3 is 12.1 Å². The van der Waals surface area contributed by atoms with Crippen LogP contribution in [0.3, 0.4) is 0 Å². The van der Waals surface area contributed by atoms with Gasteiger partial charge in [0.2, 0.25) is 11.8 Å². The highest BCUT2D eigenvalue weighted by atomic mass is 19.1. The lowest BCUT2D eigenvalue weighted by molar-refractivity contribution is -0.124. The minimum Gasteiger partial charge on any atom is -0.476 e. The molecule has 0 saturated carbocycles. The van der Waals surface area contributed by atoms with Gasteiger partial charge in [0, 0.05) is 23.2 Å². The van der Waals surface area contributed by atoms with Crippen molar-refractivity contribution < 1.29 is 37.8 Å². The van der Waals surface area contributed by atoms with Crippen molar-refractivity contribution in [3.63, 3.8) is 0 Å². The Balaban J connectivity index is 1.38. The first-order valence-corrected chi connectivity index (χ1v) is 14.8. The van der Waals surface area contributed by atoms with Gasteiger partial charge in [-0.05, 0) is 40.8 Å². The normalized spacial score (nSPS) is 22.6. The Bertz CT molecular complexity index is 1890. The lowest BCUT2D eigenvalue weighted by atomic mass is 9.72. The number of oxazole rings is 1. The molecule has 0 fully saturated rings. The van der Waals surface area contributed by atoms with Crippen molar-refractivity contribution in [2.24, 2.45) is 5.41 Å². The molecule has 7 rings (SSSR count). The largest absolute Gasteiger partial charge is 0.476 e. The van der Waals surface area contributed by atoms with E-state index >= 15 is 0 Å². The molecular formula is C34H31FN4O7. The third-order valence-corrected chi connectivity index (χ3v) is 8.67. The SMILES string of the molecule is CC(C)(C)[C@@H]1NC(=O)[C@@H](NC(=O)OCc2ccccc2)Cc2ccc3c(c2)[C@@]2(c4cc(F)ccc4N[C@@H]2O3)c2oc1nc2C(=O)O. The molecule has 4 heterocycles. The molecule has 0 unspecified atom stereocenters. The lowest BCUT2D eigenvalue weighted by Gasteiger charge is -2.31. The minimum absolute atomic E-state index is 0.00570. The predicted molar refractivity (Wildman–Crippen MR) is 162 cm³/mol. The fraction of sp³-hybridized carbons (Fsp3) is 0.294. The standard InChI is InChI=1S/C34H31FN4O7/c1-33(2,3)26-29-38-25(30(41)42)27(46-29)34-20-15-19(35)10-11-22(20)36-31(34)45-24-12-9-18(13-21(24)34)14-23(28(40)39-26)37-32(43)44-16-17-7-5-4-6-8-17/h4-13,15,23,26,31,36H,14,16H2,1-3H3,(H,37,43)(H,39,40)(H,41,42)/t23-,26+,31+,34-/m0/s1. The topological polar surface area (TPSA) is 152 Å². The first-order chi connectivity index (χ1) is 21.9. The molecule has 4 bridgehead atoms. The van der Waals surface area contributed by atoms with E-state index in [1.54, 1.807) is 24.3 Å². The van der Waals surface area contributed by atoms with Gasteiger partial charge in [-0.1, -0.05) is 63.2 Å². The fourth-order valence-electron chi connectivity index (χ4n) is 6.49. The zero-order valence-electron chi connectivity index (χ0n) is 25.2. The van der Waals surface area contributed by atoms with Gasteiger partial charge in [0.1, 0.15) is 35.7 Å². The van der Waals surface area contributed by atoms with Crippen LogP contribution in [0.25, 0.3) is 0 Å². The van der Waals surface area contributed by atoms with Crippen molar-refractivity contribution in [3.8, 4) is 5.75 Å². The first-order valence-electron chi connectivity index (χ1n) is 14.8. The summed E-state index contributed by atoms with van der Waals surface area (Å²) >= 11 is 0. The third-order valence-electron chi connectivity index (χ3n) is 8.67. The average molecular weight is 627 g/mol. The molecule has 1 aromatic heterocycles. The van der Waals surface area contributed by atoms with E-state index in [2.05, 4.69) is 20.9 Å². The van der Waals surface area contributed by atoms with Crippen LogP contribution in [0.15, 0.2) is 71.1 Å². The van der Waals surface area contributed by atoms with Gasteiger partial charge in [-0.15, -0.1) is 0 Å². The van der Waals surface area contributed by atoms with E-state index in [1.165, 1.54) is 12.1 Å². The molecule has 3 aliphatic rings. The molecule has 236 valence electrons. The highest BCUT2D eigenvalue weighted by molar-refractivity contribution is 5.90. The van der Waals surface area contributed by atoms with Crippen LogP contribution in [-0.2, 0) is 28.0 Å². The number of carboxylic acids is 1. The van der Waals surface area contributed by atoms with E-state index in [1.807, 2.05) is 51.1 Å². The van der Waals surface area contributed by atoms with Gasteiger partial charge in [0.15, 0.2) is 17.7 Å². The maximum atomic E-state index is 14.9. The van der Waals surface area contributed by atoms with E-state index in [0.29, 0.717) is 28.1 Å². The van der Waals surface area contributed by atoms with Crippen molar-refractivity contribution in [2.75, 3.05) is 5.32 Å². The fourth-order valence-corrected chi connectivity index (χ4v) is 6.49. The molecule has 0 aliphatic carbocycles. The monoisotopic (exact) mass is 626 g/mol. The molecule has 4 aromatic rings. The molecule has 46 heavy (non-hydrogen) atoms. The third kappa shape index (κ3) is 4.72. The number of aromatic carboxylic acids is 1. The Kier molecular flexibility index (Phi) is 6.76. The summed E-state index contributed by atoms with van der Waals surface area (Å²) < 4.78 is 33.1. The van der Waals surface area contributed by atoms with Crippen LogP contribution in [0.1, 0.15) is 71.2 Å². The highest BCUT2D eigenvalue weighted by Gasteiger charge is 2.61. The minimum atomic E-state index is -1.44. The van der Waals surface area contributed by atoms with E-state index < -0.39 is 52.9 Å². The first kappa shape index (κ1) is 29.3. The smallest absolute Gasteiger partial charge is 0.408 e. The Morgan fingerprint density at radius 1 is 1.09 bits per heavy atom. The summed E-state index contributed by atoms with van der Waals surface area (Å²) in [6.07, 6.45) is -1.62. The van der Waals surface area contributed by atoms with Crippen molar-refractivity contribution in [2.45, 2.75) is 57.5 Å². The molecule has 4 atom stereocenters. The average Bonchev–Trinajstić information content (AvgIpc) is 3.67. The molecule has 11 nitrogen and oxygen atoms in total. The number of nitrogens with zero attached hydrogens (tertiary/aromatic N) is 1. The quantitative estimate of drug-likeness (QED) is 0.244. The maximum absolute atomic E-state index is 14.9. The molecule has 3 aromatic carbocycles. The Hall–Kier alpha value is -5.39. The molecule has 4 N–H and O–H groups in total. The van der Waals surface area contributed by atoms with Crippen LogP contribution in [0.5, 0.6) is 5.75 Å². The number of carbonyl (C=O) groups is 3. The van der Waals surface area contributed by atoms with Crippen LogP contribution >= 0.6 is 0 Å². The number of rotatable bonds is 4. The molecular weight excluding hydrogens is 595 g/mol. The van der Waals surface area contributed by atoms with Gasteiger partial charge < -0.3 is 34.9 Å². The van der Waals surface area contributed by atoms with Crippen LogP contribution in [0.4, 0.5) is 14.9 Å². The number of hydrogen-bond acceptors (Lipinski definition) is 8. The van der Waals surface area contributed by atoms with Crippen molar-refractivity contribution in [1.82, 2.24) is 15.6 Å². The van der Waals surface area contributed by atoms with Crippen molar-refractivity contribution in [1.29, 1.82) is 0 Å². The molecule has 3 aliphatic heterocycles.